The predicted molar refractivity (Wildman–Crippen MR) is 127 cm³/mol. The van der Waals surface area contributed by atoms with Crippen LogP contribution in [0, 0.1) is 0 Å². The normalized spacial score (nSPS) is 11.8. The number of ketones is 1. The zero-order chi connectivity index (χ0) is 22.1. The molecule has 7 heteroatoms. The van der Waals surface area contributed by atoms with Gasteiger partial charge < -0.3 is 9.30 Å². The van der Waals surface area contributed by atoms with E-state index in [1.807, 2.05) is 48.0 Å². The van der Waals surface area contributed by atoms with Gasteiger partial charge in [-0.25, -0.2) is 0 Å². The Labute approximate surface area is 195 Å². The Kier molecular flexibility index (Phi) is 5.72. The minimum Gasteiger partial charge on any atom is -0.484 e. The molecule has 0 atom stereocenters. The van der Waals surface area contributed by atoms with Gasteiger partial charge in [-0.05, 0) is 46.9 Å². The molecule has 5 rings (SSSR count). The number of ether oxygens (including phenoxy) is 1. The number of aromatic nitrogens is 3. The molecule has 3 aromatic carbocycles. The number of benzene rings is 3. The first-order chi connectivity index (χ1) is 15.6. The lowest BCUT2D eigenvalue weighted by Crippen LogP contribution is -2.06. The third-order valence-corrected chi connectivity index (χ3v) is 6.90. The summed E-state index contributed by atoms with van der Waals surface area (Å²) < 4.78 is 7.59. The van der Waals surface area contributed by atoms with Crippen molar-refractivity contribution in [3.05, 3.63) is 94.3 Å². The molecule has 0 unspecified atom stereocenters. The molecule has 4 aromatic rings. The van der Waals surface area contributed by atoms with Gasteiger partial charge in [0.2, 0.25) is 0 Å². The highest BCUT2D eigenvalue weighted by Gasteiger charge is 2.20. The third kappa shape index (κ3) is 4.04. The Hall–Kier alpha value is -3.09. The molecule has 0 aliphatic heterocycles. The number of hydrogen-bond donors (Lipinski definition) is 0. The van der Waals surface area contributed by atoms with Gasteiger partial charge in [0.1, 0.15) is 12.4 Å². The van der Waals surface area contributed by atoms with Crippen LogP contribution in [0.25, 0.3) is 11.1 Å². The minimum absolute atomic E-state index is 0.0686. The summed E-state index contributed by atoms with van der Waals surface area (Å²) in [5.74, 6) is 1.62. The van der Waals surface area contributed by atoms with Crippen LogP contribution < -0.4 is 4.74 Å². The van der Waals surface area contributed by atoms with Crippen molar-refractivity contribution in [1.82, 2.24) is 14.8 Å². The second kappa shape index (κ2) is 8.81. The van der Waals surface area contributed by atoms with Crippen molar-refractivity contribution >= 4 is 29.1 Å². The van der Waals surface area contributed by atoms with Crippen molar-refractivity contribution in [2.24, 2.45) is 7.05 Å². The first kappa shape index (κ1) is 20.8. The van der Waals surface area contributed by atoms with E-state index < -0.39 is 0 Å². The molecule has 1 aliphatic rings. The van der Waals surface area contributed by atoms with Gasteiger partial charge in [-0.3, -0.25) is 4.79 Å². The number of nitrogens with zero attached hydrogens (tertiary/aromatic N) is 3. The van der Waals surface area contributed by atoms with E-state index in [0.717, 1.165) is 17.5 Å². The highest BCUT2D eigenvalue weighted by Crippen LogP contribution is 2.37. The van der Waals surface area contributed by atoms with Gasteiger partial charge in [-0.1, -0.05) is 71.9 Å². The summed E-state index contributed by atoms with van der Waals surface area (Å²) in [6.07, 6.45) is 0.923. The van der Waals surface area contributed by atoms with E-state index >= 15 is 0 Å². The molecule has 0 spiro atoms. The van der Waals surface area contributed by atoms with Crippen LogP contribution in [-0.2, 0) is 20.1 Å². The molecule has 1 aromatic heterocycles. The topological polar surface area (TPSA) is 57.0 Å². The molecular weight excluding hydrogens is 442 g/mol. The largest absolute Gasteiger partial charge is 0.484 e. The van der Waals surface area contributed by atoms with Crippen molar-refractivity contribution in [3.8, 4) is 16.9 Å². The van der Waals surface area contributed by atoms with Gasteiger partial charge in [0.25, 0.3) is 0 Å². The standard InChI is InChI=1S/C25H20ClN3O2S/c1-29-24(14-31-23-9-5-4-8-21(23)26)27-28-25(29)32-15-22(30)18-11-10-17-12-16-6-2-3-7-19(16)20(17)13-18/h2-11,13H,12,14-15H2,1H3. The van der Waals surface area contributed by atoms with Crippen molar-refractivity contribution in [2.75, 3.05) is 5.75 Å². The van der Waals surface area contributed by atoms with E-state index in [4.69, 9.17) is 16.3 Å². The van der Waals surface area contributed by atoms with E-state index in [9.17, 15) is 4.79 Å². The van der Waals surface area contributed by atoms with E-state index in [-0.39, 0.29) is 18.1 Å². The van der Waals surface area contributed by atoms with Crippen LogP contribution in [0.2, 0.25) is 5.02 Å². The van der Waals surface area contributed by atoms with Crippen LogP contribution in [0.3, 0.4) is 0 Å². The molecule has 0 saturated heterocycles. The quantitative estimate of drug-likeness (QED) is 0.233. The van der Waals surface area contributed by atoms with Gasteiger partial charge in [-0.2, -0.15) is 0 Å². The Balaban J connectivity index is 1.24. The molecule has 1 heterocycles. The second-order valence-corrected chi connectivity index (χ2v) is 8.94. The summed E-state index contributed by atoms with van der Waals surface area (Å²) in [5.41, 5.74) is 5.69. The Morgan fingerprint density at radius 2 is 1.81 bits per heavy atom. The summed E-state index contributed by atoms with van der Waals surface area (Å²) in [5, 5.41) is 9.63. The molecule has 0 N–H and O–H groups in total. The van der Waals surface area contributed by atoms with E-state index in [2.05, 4.69) is 34.5 Å². The smallest absolute Gasteiger partial charge is 0.191 e. The highest BCUT2D eigenvalue weighted by atomic mass is 35.5. The molecule has 0 amide bonds. The molecule has 32 heavy (non-hydrogen) atoms. The van der Waals surface area contributed by atoms with Crippen LogP contribution in [0.5, 0.6) is 5.75 Å². The molecule has 0 radical (unpaired) electrons. The molecule has 5 nitrogen and oxygen atoms in total. The van der Waals surface area contributed by atoms with E-state index in [1.165, 1.54) is 28.5 Å². The third-order valence-electron chi connectivity index (χ3n) is 5.57. The summed E-state index contributed by atoms with van der Waals surface area (Å²) in [4.78, 5) is 12.9. The van der Waals surface area contributed by atoms with Crippen molar-refractivity contribution in [2.45, 2.75) is 18.2 Å². The van der Waals surface area contributed by atoms with Crippen LogP contribution in [0.1, 0.15) is 27.3 Å². The fourth-order valence-corrected chi connectivity index (χ4v) is 4.83. The van der Waals surface area contributed by atoms with Gasteiger partial charge in [-0.15, -0.1) is 10.2 Å². The SMILES string of the molecule is Cn1c(COc2ccccc2Cl)nnc1SCC(=O)c1ccc2c(c1)-c1ccccc1C2. The fraction of sp³-hybridized carbons (Fsp3) is 0.160. The summed E-state index contributed by atoms with van der Waals surface area (Å²) in [6.45, 7) is 0.242. The van der Waals surface area contributed by atoms with Crippen molar-refractivity contribution in [1.29, 1.82) is 0 Å². The Bertz CT molecular complexity index is 1320. The average molecular weight is 462 g/mol. The van der Waals surface area contributed by atoms with Crippen molar-refractivity contribution < 1.29 is 9.53 Å². The number of carbonyl (C=O) groups is 1. The monoisotopic (exact) mass is 461 g/mol. The molecular formula is C25H20ClN3O2S. The Morgan fingerprint density at radius 3 is 2.69 bits per heavy atom. The predicted octanol–water partition coefficient (Wildman–Crippen LogP) is 5.59. The number of halogens is 1. The van der Waals surface area contributed by atoms with Crippen molar-refractivity contribution in [3.63, 3.8) is 0 Å². The molecule has 0 fully saturated rings. The maximum atomic E-state index is 12.9. The van der Waals surface area contributed by atoms with Crippen LogP contribution in [0.15, 0.2) is 71.9 Å². The van der Waals surface area contributed by atoms with Gasteiger partial charge in [0.05, 0.1) is 10.8 Å². The first-order valence-corrected chi connectivity index (χ1v) is 11.6. The number of para-hydroxylation sites is 1. The lowest BCUT2D eigenvalue weighted by Gasteiger charge is -2.08. The summed E-state index contributed by atoms with van der Waals surface area (Å²) in [7, 11) is 1.87. The second-order valence-electron chi connectivity index (χ2n) is 7.59. The lowest BCUT2D eigenvalue weighted by molar-refractivity contribution is 0.102. The average Bonchev–Trinajstić information content (AvgIpc) is 3.36. The number of Topliss-reactive ketones (excluding diaryl/α,β-unsaturated/α-hetero) is 1. The lowest BCUT2D eigenvalue weighted by atomic mass is 10.0. The minimum atomic E-state index is 0.0686. The highest BCUT2D eigenvalue weighted by molar-refractivity contribution is 7.99. The number of hydrogen-bond acceptors (Lipinski definition) is 5. The molecule has 0 saturated carbocycles. The molecule has 0 bridgehead atoms. The van der Waals surface area contributed by atoms with E-state index in [0.29, 0.717) is 21.8 Å². The van der Waals surface area contributed by atoms with Gasteiger partial charge in [0, 0.05) is 12.6 Å². The molecule has 1 aliphatic carbocycles. The number of thioether (sulfide) groups is 1. The number of fused-ring (bicyclic) bond motifs is 3. The van der Waals surface area contributed by atoms with Gasteiger partial charge >= 0.3 is 0 Å². The summed E-state index contributed by atoms with van der Waals surface area (Å²) in [6, 6.07) is 21.7. The zero-order valence-corrected chi connectivity index (χ0v) is 19.0. The number of rotatable bonds is 7. The maximum Gasteiger partial charge on any atom is 0.191 e. The maximum absolute atomic E-state index is 12.9. The van der Waals surface area contributed by atoms with Crippen LogP contribution in [-0.4, -0.2) is 26.3 Å². The zero-order valence-electron chi connectivity index (χ0n) is 17.4. The summed E-state index contributed by atoms with van der Waals surface area (Å²) >= 11 is 7.50. The first-order valence-electron chi connectivity index (χ1n) is 10.2. The fourth-order valence-electron chi connectivity index (χ4n) is 3.81. The molecule has 160 valence electrons. The number of carbonyl (C=O) groups excluding carboxylic acids is 1. The van der Waals surface area contributed by atoms with Crippen LogP contribution in [0.4, 0.5) is 0 Å². The van der Waals surface area contributed by atoms with Gasteiger partial charge in [0.15, 0.2) is 16.8 Å². The van der Waals surface area contributed by atoms with Crippen LogP contribution >= 0.6 is 23.4 Å². The Morgan fingerprint density at radius 1 is 1.03 bits per heavy atom. The van der Waals surface area contributed by atoms with E-state index in [1.54, 1.807) is 6.07 Å².